The third-order valence-corrected chi connectivity index (χ3v) is 3.86. The van der Waals surface area contributed by atoms with Crippen LogP contribution in [-0.4, -0.2) is 42.0 Å². The lowest BCUT2D eigenvalue weighted by Gasteiger charge is -2.35. The van der Waals surface area contributed by atoms with Crippen molar-refractivity contribution in [1.29, 1.82) is 0 Å². The normalized spacial score (nSPS) is 15.7. The number of nitrogens with zero attached hydrogens (tertiary/aromatic N) is 3. The standard InChI is InChI=1S/C17H19N4O/c18-17(22)15-7-4-8-16(19-15)21-11-9-20(10-12-21)13-14-5-2-1-3-6-14/h1-6,8H,9-13H2,(H2,18,22). The van der Waals surface area contributed by atoms with E-state index in [0.717, 1.165) is 38.5 Å². The van der Waals surface area contributed by atoms with Gasteiger partial charge in [0.15, 0.2) is 0 Å². The number of nitrogens with two attached hydrogens (primary N) is 1. The summed E-state index contributed by atoms with van der Waals surface area (Å²) in [4.78, 5) is 20.1. The van der Waals surface area contributed by atoms with Gasteiger partial charge in [-0.15, -0.1) is 0 Å². The highest BCUT2D eigenvalue weighted by molar-refractivity contribution is 5.90. The van der Waals surface area contributed by atoms with Crippen molar-refractivity contribution < 1.29 is 4.79 Å². The highest BCUT2D eigenvalue weighted by atomic mass is 16.1. The fourth-order valence-electron chi connectivity index (χ4n) is 2.66. The van der Waals surface area contributed by atoms with E-state index in [0.29, 0.717) is 0 Å². The Bertz CT molecular complexity index is 636. The number of carbonyl (C=O) groups excluding carboxylic acids is 1. The molecule has 0 bridgehead atoms. The SMILES string of the molecule is NC(=O)c1[c]ccc(N2CCN(Cc3ccccc3)CC2)n1. The molecule has 1 amide bonds. The van der Waals surface area contributed by atoms with E-state index in [1.165, 1.54) is 5.56 Å². The average molecular weight is 295 g/mol. The number of rotatable bonds is 4. The van der Waals surface area contributed by atoms with Gasteiger partial charge in [0.25, 0.3) is 5.91 Å². The Morgan fingerprint density at radius 3 is 2.55 bits per heavy atom. The molecule has 1 radical (unpaired) electrons. The maximum Gasteiger partial charge on any atom is 0.268 e. The number of hydrogen-bond acceptors (Lipinski definition) is 4. The van der Waals surface area contributed by atoms with Crippen LogP contribution in [0.5, 0.6) is 0 Å². The van der Waals surface area contributed by atoms with Gasteiger partial charge in [0, 0.05) is 38.8 Å². The molecule has 2 aromatic rings. The van der Waals surface area contributed by atoms with Crippen LogP contribution in [0.3, 0.4) is 0 Å². The number of anilines is 1. The van der Waals surface area contributed by atoms with Crippen molar-refractivity contribution in [2.45, 2.75) is 6.54 Å². The number of carbonyl (C=O) groups is 1. The number of pyridine rings is 1. The molecule has 113 valence electrons. The molecule has 2 heterocycles. The second-order valence-electron chi connectivity index (χ2n) is 5.41. The fourth-order valence-corrected chi connectivity index (χ4v) is 2.66. The largest absolute Gasteiger partial charge is 0.364 e. The van der Waals surface area contributed by atoms with Gasteiger partial charge in [-0.3, -0.25) is 9.69 Å². The van der Waals surface area contributed by atoms with E-state index in [2.05, 4.69) is 45.1 Å². The Morgan fingerprint density at radius 1 is 1.14 bits per heavy atom. The maximum atomic E-state index is 11.2. The van der Waals surface area contributed by atoms with Crippen LogP contribution in [0.25, 0.3) is 0 Å². The molecule has 22 heavy (non-hydrogen) atoms. The summed E-state index contributed by atoms with van der Waals surface area (Å²) < 4.78 is 0. The molecule has 0 spiro atoms. The summed E-state index contributed by atoms with van der Waals surface area (Å²) in [5.41, 5.74) is 6.79. The smallest absolute Gasteiger partial charge is 0.268 e. The zero-order valence-electron chi connectivity index (χ0n) is 12.4. The topological polar surface area (TPSA) is 62.5 Å². The summed E-state index contributed by atoms with van der Waals surface area (Å²) >= 11 is 0. The van der Waals surface area contributed by atoms with Crippen LogP contribution in [0.4, 0.5) is 5.82 Å². The maximum absolute atomic E-state index is 11.2. The molecule has 1 aliphatic heterocycles. The van der Waals surface area contributed by atoms with Crippen LogP contribution in [0.2, 0.25) is 0 Å². The summed E-state index contributed by atoms with van der Waals surface area (Å²) in [5, 5.41) is 0. The first-order valence-electron chi connectivity index (χ1n) is 7.42. The first kappa shape index (κ1) is 14.5. The van der Waals surface area contributed by atoms with Crippen molar-refractivity contribution >= 4 is 11.7 Å². The molecule has 0 atom stereocenters. The minimum atomic E-state index is -0.537. The van der Waals surface area contributed by atoms with Crippen molar-refractivity contribution in [3.05, 3.63) is 59.8 Å². The molecular weight excluding hydrogens is 276 g/mol. The summed E-state index contributed by atoms with van der Waals surface area (Å²) in [6, 6.07) is 16.8. The first-order valence-corrected chi connectivity index (χ1v) is 7.42. The number of benzene rings is 1. The third kappa shape index (κ3) is 3.43. The van der Waals surface area contributed by atoms with E-state index < -0.39 is 5.91 Å². The molecule has 2 N–H and O–H groups in total. The predicted molar refractivity (Wildman–Crippen MR) is 85.5 cm³/mol. The Balaban J connectivity index is 1.60. The van der Waals surface area contributed by atoms with Crippen molar-refractivity contribution in [2.75, 3.05) is 31.1 Å². The molecule has 0 saturated carbocycles. The highest BCUT2D eigenvalue weighted by Crippen LogP contribution is 2.15. The zero-order chi connectivity index (χ0) is 15.4. The summed E-state index contributed by atoms with van der Waals surface area (Å²) in [6.07, 6.45) is 0. The van der Waals surface area contributed by atoms with Gasteiger partial charge in [0.05, 0.1) is 0 Å². The molecule has 0 unspecified atom stereocenters. The lowest BCUT2D eigenvalue weighted by molar-refractivity contribution is 0.0995. The molecule has 5 heteroatoms. The molecule has 5 nitrogen and oxygen atoms in total. The lowest BCUT2D eigenvalue weighted by Crippen LogP contribution is -2.46. The van der Waals surface area contributed by atoms with Crippen LogP contribution in [0.15, 0.2) is 42.5 Å². The molecule has 1 aromatic heterocycles. The van der Waals surface area contributed by atoms with E-state index in [9.17, 15) is 4.79 Å². The van der Waals surface area contributed by atoms with Crippen molar-refractivity contribution in [1.82, 2.24) is 9.88 Å². The van der Waals surface area contributed by atoms with Crippen LogP contribution in [-0.2, 0) is 6.54 Å². The first-order chi connectivity index (χ1) is 10.7. The number of piperazine rings is 1. The summed E-state index contributed by atoms with van der Waals surface area (Å²) in [5.74, 6) is 0.261. The average Bonchev–Trinajstić information content (AvgIpc) is 2.56. The Hall–Kier alpha value is -2.40. The molecule has 0 aliphatic carbocycles. The monoisotopic (exact) mass is 295 g/mol. The second-order valence-corrected chi connectivity index (χ2v) is 5.41. The van der Waals surface area contributed by atoms with Crippen molar-refractivity contribution in [2.24, 2.45) is 5.73 Å². The Kier molecular flexibility index (Phi) is 4.34. The van der Waals surface area contributed by atoms with Crippen LogP contribution in [0.1, 0.15) is 16.1 Å². The van der Waals surface area contributed by atoms with E-state index in [1.54, 1.807) is 6.07 Å². The van der Waals surface area contributed by atoms with Crippen LogP contribution in [0, 0.1) is 6.07 Å². The zero-order valence-corrected chi connectivity index (χ0v) is 12.4. The Labute approximate surface area is 130 Å². The fraction of sp³-hybridized carbons (Fsp3) is 0.294. The van der Waals surface area contributed by atoms with Crippen LogP contribution >= 0.6 is 0 Å². The number of primary amides is 1. The minimum absolute atomic E-state index is 0.198. The summed E-state index contributed by atoms with van der Waals surface area (Å²) in [6.45, 7) is 4.70. The van der Waals surface area contributed by atoms with Gasteiger partial charge >= 0.3 is 0 Å². The van der Waals surface area contributed by atoms with Gasteiger partial charge in [0.1, 0.15) is 11.5 Å². The lowest BCUT2D eigenvalue weighted by atomic mass is 10.2. The molecule has 1 aromatic carbocycles. The number of hydrogen-bond donors (Lipinski definition) is 1. The van der Waals surface area contributed by atoms with Crippen molar-refractivity contribution in [3.63, 3.8) is 0 Å². The molecule has 1 saturated heterocycles. The van der Waals surface area contributed by atoms with Gasteiger partial charge in [-0.25, -0.2) is 4.98 Å². The van der Waals surface area contributed by atoms with Gasteiger partial charge in [0.2, 0.25) is 0 Å². The van der Waals surface area contributed by atoms with Gasteiger partial charge in [-0.05, 0) is 17.7 Å². The molecule has 3 rings (SSSR count). The van der Waals surface area contributed by atoms with Gasteiger partial charge in [-0.1, -0.05) is 30.3 Å². The second kappa shape index (κ2) is 6.58. The predicted octanol–water partition coefficient (Wildman–Crippen LogP) is 1.30. The number of aromatic nitrogens is 1. The van der Waals surface area contributed by atoms with Gasteiger partial charge in [-0.2, -0.15) is 0 Å². The van der Waals surface area contributed by atoms with Crippen LogP contribution < -0.4 is 10.6 Å². The van der Waals surface area contributed by atoms with Crippen molar-refractivity contribution in [3.8, 4) is 0 Å². The quantitative estimate of drug-likeness (QED) is 0.923. The van der Waals surface area contributed by atoms with E-state index in [4.69, 9.17) is 5.73 Å². The minimum Gasteiger partial charge on any atom is -0.364 e. The summed E-state index contributed by atoms with van der Waals surface area (Å²) in [7, 11) is 0. The van der Waals surface area contributed by atoms with E-state index in [1.807, 2.05) is 12.1 Å². The Morgan fingerprint density at radius 2 is 1.86 bits per heavy atom. The molecule has 1 aliphatic rings. The third-order valence-electron chi connectivity index (χ3n) is 3.86. The molecular formula is C17H19N4O. The van der Waals surface area contributed by atoms with E-state index in [-0.39, 0.29) is 5.69 Å². The highest BCUT2D eigenvalue weighted by Gasteiger charge is 2.18. The number of amides is 1. The van der Waals surface area contributed by atoms with Gasteiger partial charge < -0.3 is 10.6 Å². The molecule has 1 fully saturated rings. The van der Waals surface area contributed by atoms with E-state index >= 15 is 0 Å².